The van der Waals surface area contributed by atoms with Crippen LogP contribution in [0.25, 0.3) is 0 Å². The lowest BCUT2D eigenvalue weighted by molar-refractivity contribution is -0.127. The fourth-order valence-electron chi connectivity index (χ4n) is 4.10. The van der Waals surface area contributed by atoms with E-state index in [2.05, 4.69) is 79.1 Å². The topological polar surface area (TPSA) is 56.7 Å². The number of carbonyl (C=O) groups is 1. The van der Waals surface area contributed by atoms with Gasteiger partial charge in [0.15, 0.2) is 5.96 Å². The molecule has 5 nitrogen and oxygen atoms in total. The van der Waals surface area contributed by atoms with Crippen LogP contribution in [0.4, 0.5) is 0 Å². The molecule has 2 aromatic carbocycles. The minimum Gasteiger partial charge on any atom is -0.357 e. The number of nitrogens with one attached hydrogen (secondary N) is 2. The van der Waals surface area contributed by atoms with E-state index in [1.807, 2.05) is 11.0 Å². The van der Waals surface area contributed by atoms with Crippen molar-refractivity contribution >= 4 is 35.8 Å². The van der Waals surface area contributed by atoms with Gasteiger partial charge in [-0.1, -0.05) is 67.6 Å². The number of nitrogens with zero attached hydrogens (tertiary/aromatic N) is 2. The molecule has 1 aliphatic rings. The SMILES string of the molecule is CCNC(=NCC(CC)c1ccccc1)NCC1CC(=O)N(CCc2ccccc2)C1.I. The number of hydrogen-bond donors (Lipinski definition) is 2. The molecule has 0 radical (unpaired) electrons. The molecule has 1 aliphatic heterocycles. The molecule has 1 saturated heterocycles. The number of halogens is 1. The van der Waals surface area contributed by atoms with Crippen molar-refractivity contribution in [1.29, 1.82) is 0 Å². The summed E-state index contributed by atoms with van der Waals surface area (Å²) in [6, 6.07) is 21.0. The summed E-state index contributed by atoms with van der Waals surface area (Å²) in [6.45, 7) is 8.24. The van der Waals surface area contributed by atoms with Crippen molar-refractivity contribution < 1.29 is 4.79 Å². The van der Waals surface area contributed by atoms with Gasteiger partial charge in [0.25, 0.3) is 0 Å². The van der Waals surface area contributed by atoms with Crippen LogP contribution in [0.3, 0.4) is 0 Å². The van der Waals surface area contributed by atoms with Crippen LogP contribution in [0.1, 0.15) is 43.7 Å². The van der Waals surface area contributed by atoms with Gasteiger partial charge in [-0.05, 0) is 30.9 Å². The van der Waals surface area contributed by atoms with Crippen molar-refractivity contribution in [2.45, 2.75) is 39.0 Å². The molecule has 0 spiro atoms. The van der Waals surface area contributed by atoms with E-state index in [1.54, 1.807) is 0 Å². The fraction of sp³-hybridized carbons (Fsp3) is 0.462. The highest BCUT2D eigenvalue weighted by Crippen LogP contribution is 2.20. The Morgan fingerprint density at radius 1 is 1.06 bits per heavy atom. The van der Waals surface area contributed by atoms with E-state index in [9.17, 15) is 4.79 Å². The maximum atomic E-state index is 12.4. The van der Waals surface area contributed by atoms with Gasteiger partial charge in [-0.25, -0.2) is 0 Å². The number of rotatable bonds is 10. The van der Waals surface area contributed by atoms with Gasteiger partial charge < -0.3 is 15.5 Å². The molecular weight excluding hydrogens is 511 g/mol. The molecule has 0 aromatic heterocycles. The van der Waals surface area contributed by atoms with Crippen LogP contribution in [0, 0.1) is 5.92 Å². The Balaban J connectivity index is 0.00000363. The van der Waals surface area contributed by atoms with E-state index < -0.39 is 0 Å². The molecule has 0 bridgehead atoms. The fourth-order valence-corrected chi connectivity index (χ4v) is 4.10. The number of amides is 1. The van der Waals surface area contributed by atoms with E-state index >= 15 is 0 Å². The van der Waals surface area contributed by atoms with E-state index in [0.717, 1.165) is 51.5 Å². The summed E-state index contributed by atoms with van der Waals surface area (Å²) in [5, 5.41) is 6.82. The number of benzene rings is 2. The summed E-state index contributed by atoms with van der Waals surface area (Å²) < 4.78 is 0. The van der Waals surface area contributed by atoms with E-state index in [4.69, 9.17) is 4.99 Å². The van der Waals surface area contributed by atoms with Gasteiger partial charge in [-0.2, -0.15) is 0 Å². The van der Waals surface area contributed by atoms with E-state index in [0.29, 0.717) is 18.3 Å². The van der Waals surface area contributed by atoms with E-state index in [1.165, 1.54) is 11.1 Å². The normalized spacial score (nSPS) is 17.1. The standard InChI is InChI=1S/C26H36N4O.HI/c1-3-23(24-13-9-6-10-14-24)19-29-26(27-4-2)28-18-22-17-25(31)30(20-22)16-15-21-11-7-5-8-12-21;/h5-14,22-23H,3-4,15-20H2,1-2H3,(H2,27,28,29);1H. The Bertz CT molecular complexity index is 828. The average Bonchev–Trinajstić information content (AvgIpc) is 3.17. The summed E-state index contributed by atoms with van der Waals surface area (Å²) in [7, 11) is 0. The van der Waals surface area contributed by atoms with Crippen LogP contribution in [-0.4, -0.2) is 49.5 Å². The molecule has 1 amide bonds. The van der Waals surface area contributed by atoms with E-state index in [-0.39, 0.29) is 29.9 Å². The van der Waals surface area contributed by atoms with Gasteiger partial charge in [-0.3, -0.25) is 9.79 Å². The van der Waals surface area contributed by atoms with Gasteiger partial charge >= 0.3 is 0 Å². The molecule has 2 unspecified atom stereocenters. The number of aliphatic imine (C=N–C) groups is 1. The quantitative estimate of drug-likeness (QED) is 0.262. The zero-order valence-electron chi connectivity index (χ0n) is 19.3. The summed E-state index contributed by atoms with van der Waals surface area (Å²) >= 11 is 0. The van der Waals surface area contributed by atoms with Crippen LogP contribution in [-0.2, 0) is 11.2 Å². The number of guanidine groups is 1. The average molecular weight is 549 g/mol. The lowest BCUT2D eigenvalue weighted by atomic mass is 9.97. The van der Waals surface area contributed by atoms with Gasteiger partial charge in [0.2, 0.25) is 5.91 Å². The molecule has 1 heterocycles. The second-order valence-corrected chi connectivity index (χ2v) is 8.26. The van der Waals surface area contributed by atoms with Gasteiger partial charge in [-0.15, -0.1) is 24.0 Å². The minimum atomic E-state index is 0. The molecule has 32 heavy (non-hydrogen) atoms. The Morgan fingerprint density at radius 3 is 2.41 bits per heavy atom. The molecule has 0 saturated carbocycles. The lowest BCUT2D eigenvalue weighted by Crippen LogP contribution is -2.40. The minimum absolute atomic E-state index is 0. The number of likely N-dealkylation sites (tertiary alicyclic amines) is 1. The highest BCUT2D eigenvalue weighted by Gasteiger charge is 2.29. The first-order chi connectivity index (χ1) is 15.2. The first kappa shape index (κ1) is 26.2. The number of hydrogen-bond acceptors (Lipinski definition) is 2. The summed E-state index contributed by atoms with van der Waals surface area (Å²) in [4.78, 5) is 19.3. The van der Waals surface area contributed by atoms with Crippen LogP contribution in [0.2, 0.25) is 0 Å². The first-order valence-electron chi connectivity index (χ1n) is 11.6. The molecular formula is C26H37IN4O. The van der Waals surface area contributed by atoms with Gasteiger partial charge in [0, 0.05) is 51.0 Å². The van der Waals surface area contributed by atoms with Gasteiger partial charge in [0.05, 0.1) is 0 Å². The number of carbonyl (C=O) groups excluding carboxylic acids is 1. The van der Waals surface area contributed by atoms with Crippen molar-refractivity contribution in [2.24, 2.45) is 10.9 Å². The molecule has 2 aromatic rings. The molecule has 0 aliphatic carbocycles. The zero-order chi connectivity index (χ0) is 21.9. The van der Waals surface area contributed by atoms with Gasteiger partial charge in [0.1, 0.15) is 0 Å². The third-order valence-electron chi connectivity index (χ3n) is 5.94. The molecule has 2 N–H and O–H groups in total. The third-order valence-corrected chi connectivity index (χ3v) is 5.94. The van der Waals surface area contributed by atoms with Crippen LogP contribution >= 0.6 is 24.0 Å². The van der Waals surface area contributed by atoms with Crippen LogP contribution in [0.15, 0.2) is 65.7 Å². The predicted molar refractivity (Wildman–Crippen MR) is 144 cm³/mol. The molecule has 6 heteroatoms. The second-order valence-electron chi connectivity index (χ2n) is 8.26. The monoisotopic (exact) mass is 548 g/mol. The van der Waals surface area contributed by atoms with Crippen molar-refractivity contribution in [1.82, 2.24) is 15.5 Å². The largest absolute Gasteiger partial charge is 0.357 e. The molecule has 2 atom stereocenters. The van der Waals surface area contributed by atoms with Crippen LogP contribution in [0.5, 0.6) is 0 Å². The molecule has 174 valence electrons. The Morgan fingerprint density at radius 2 is 1.75 bits per heavy atom. The summed E-state index contributed by atoms with van der Waals surface area (Å²) in [6.07, 6.45) is 2.58. The van der Waals surface area contributed by atoms with Crippen molar-refractivity contribution in [2.75, 3.05) is 32.7 Å². The van der Waals surface area contributed by atoms with Crippen LogP contribution < -0.4 is 10.6 Å². The Labute approximate surface area is 210 Å². The predicted octanol–water partition coefficient (Wildman–Crippen LogP) is 4.44. The smallest absolute Gasteiger partial charge is 0.223 e. The van der Waals surface area contributed by atoms with Crippen molar-refractivity contribution in [3.8, 4) is 0 Å². The Hall–Kier alpha value is -2.09. The maximum Gasteiger partial charge on any atom is 0.223 e. The lowest BCUT2D eigenvalue weighted by Gasteiger charge is -2.18. The molecule has 1 fully saturated rings. The third kappa shape index (κ3) is 8.11. The summed E-state index contributed by atoms with van der Waals surface area (Å²) in [5.74, 6) is 1.84. The molecule has 3 rings (SSSR count). The highest BCUT2D eigenvalue weighted by molar-refractivity contribution is 14.0. The highest BCUT2D eigenvalue weighted by atomic mass is 127. The van der Waals surface area contributed by atoms with Crippen molar-refractivity contribution in [3.63, 3.8) is 0 Å². The zero-order valence-corrected chi connectivity index (χ0v) is 21.6. The summed E-state index contributed by atoms with van der Waals surface area (Å²) in [5.41, 5.74) is 2.61. The van der Waals surface area contributed by atoms with Crippen molar-refractivity contribution in [3.05, 3.63) is 71.8 Å². The second kappa shape index (κ2) is 14.1. The maximum absolute atomic E-state index is 12.4. The Kier molecular flexibility index (Phi) is 11.6. The first-order valence-corrected chi connectivity index (χ1v) is 11.6.